The first-order valence-corrected chi connectivity index (χ1v) is 10.6. The molecule has 186 valence electrons. The molecule has 0 aliphatic carbocycles. The molecule has 4 aromatic rings. The molecule has 6 nitrogen and oxygen atoms in total. The zero-order valence-electron chi connectivity index (χ0n) is 19.0. The number of carboxylic acid groups (broad SMARTS) is 1. The molecule has 1 aromatic heterocycles. The minimum absolute atomic E-state index is 0.0337. The van der Waals surface area contributed by atoms with Gasteiger partial charge in [-0.05, 0) is 55.3 Å². The second-order valence-electron chi connectivity index (χ2n) is 8.49. The van der Waals surface area contributed by atoms with E-state index in [1.54, 1.807) is 24.3 Å². The summed E-state index contributed by atoms with van der Waals surface area (Å²) in [4.78, 5) is 15.0. The predicted molar refractivity (Wildman–Crippen MR) is 123 cm³/mol. The van der Waals surface area contributed by atoms with Crippen molar-refractivity contribution in [2.24, 2.45) is 0 Å². The fourth-order valence-electron chi connectivity index (χ4n) is 3.68. The lowest BCUT2D eigenvalue weighted by Gasteiger charge is -2.15. The number of alkyl halides is 3. The number of hydrogen-bond donors (Lipinski definition) is 2. The smallest absolute Gasteiger partial charge is 0.449 e. The van der Waals surface area contributed by atoms with Crippen LogP contribution >= 0.6 is 0 Å². The lowest BCUT2D eigenvalue weighted by molar-refractivity contribution is -0.137. The molecule has 4 rings (SSSR count). The van der Waals surface area contributed by atoms with Crippen LogP contribution in [0.2, 0.25) is 0 Å². The van der Waals surface area contributed by atoms with Gasteiger partial charge in [0.25, 0.3) is 0 Å². The average Bonchev–Trinajstić information content (AvgIpc) is 3.26. The van der Waals surface area contributed by atoms with Gasteiger partial charge < -0.3 is 14.9 Å². The van der Waals surface area contributed by atoms with Crippen LogP contribution in [0.4, 0.5) is 22.4 Å². The van der Waals surface area contributed by atoms with Gasteiger partial charge in [-0.2, -0.15) is 13.2 Å². The van der Waals surface area contributed by atoms with Gasteiger partial charge in [0.2, 0.25) is 0 Å². The first-order valence-electron chi connectivity index (χ1n) is 10.6. The van der Waals surface area contributed by atoms with E-state index in [2.05, 4.69) is 9.72 Å². The molecule has 3 aromatic carbocycles. The Morgan fingerprint density at radius 2 is 1.67 bits per heavy atom. The molecule has 0 atom stereocenters. The molecule has 0 bridgehead atoms. The van der Waals surface area contributed by atoms with Crippen LogP contribution in [0.3, 0.4) is 0 Å². The van der Waals surface area contributed by atoms with Crippen LogP contribution in [0.1, 0.15) is 25.1 Å². The SMILES string of the molecule is CC(C)(O)c1cn(-c2cccc(-c3ccc(OC(=O)O)c(F)c3)c2)c(-c2ccccc2C(F)(F)F)n1. The van der Waals surface area contributed by atoms with Gasteiger partial charge in [-0.25, -0.2) is 14.2 Å². The Labute approximate surface area is 203 Å². The van der Waals surface area contributed by atoms with E-state index in [1.165, 1.54) is 54.9 Å². The number of aromatic nitrogens is 2. The third kappa shape index (κ3) is 5.08. The number of carbonyl (C=O) groups is 1. The summed E-state index contributed by atoms with van der Waals surface area (Å²) in [5.41, 5.74) is -1.05. The lowest BCUT2D eigenvalue weighted by atomic mass is 10.0. The van der Waals surface area contributed by atoms with Crippen LogP contribution in [0.25, 0.3) is 28.2 Å². The Bertz CT molecular complexity index is 1440. The summed E-state index contributed by atoms with van der Waals surface area (Å²) in [6, 6.07) is 15.3. The summed E-state index contributed by atoms with van der Waals surface area (Å²) in [7, 11) is 0. The standard InChI is InChI=1S/C26H20F4N2O4/c1-25(2,35)22-14-32(23(31-22)18-8-3-4-9-19(18)26(28,29)30)17-7-5-6-15(12-17)16-10-11-21(20(27)13-16)36-24(33)34/h3-14,35H,1-2H3,(H,33,34). The quantitative estimate of drug-likeness (QED) is 0.182. The van der Waals surface area contributed by atoms with E-state index >= 15 is 0 Å². The lowest BCUT2D eigenvalue weighted by Crippen LogP contribution is -2.15. The minimum Gasteiger partial charge on any atom is -0.449 e. The number of ether oxygens (including phenoxy) is 1. The Kier molecular flexibility index (Phi) is 6.32. The maximum absolute atomic E-state index is 14.4. The van der Waals surface area contributed by atoms with Gasteiger partial charge in [-0.3, -0.25) is 4.57 Å². The van der Waals surface area contributed by atoms with Gasteiger partial charge >= 0.3 is 12.3 Å². The number of nitrogens with zero attached hydrogens (tertiary/aromatic N) is 2. The maximum atomic E-state index is 14.4. The minimum atomic E-state index is -4.64. The van der Waals surface area contributed by atoms with Crippen molar-refractivity contribution in [3.8, 4) is 34.0 Å². The highest BCUT2D eigenvalue weighted by atomic mass is 19.4. The highest BCUT2D eigenvalue weighted by Gasteiger charge is 2.35. The van der Waals surface area contributed by atoms with E-state index in [1.807, 2.05) is 0 Å². The fraction of sp³-hybridized carbons (Fsp3) is 0.154. The zero-order valence-corrected chi connectivity index (χ0v) is 19.0. The molecule has 0 saturated heterocycles. The van der Waals surface area contributed by atoms with Crippen molar-refractivity contribution in [1.29, 1.82) is 0 Å². The summed E-state index contributed by atoms with van der Waals surface area (Å²) >= 11 is 0. The van der Waals surface area contributed by atoms with E-state index in [4.69, 9.17) is 5.11 Å². The average molecular weight is 500 g/mol. The van der Waals surface area contributed by atoms with E-state index in [0.29, 0.717) is 16.8 Å². The molecule has 0 radical (unpaired) electrons. The van der Waals surface area contributed by atoms with Crippen LogP contribution in [-0.4, -0.2) is 25.9 Å². The van der Waals surface area contributed by atoms with Crippen LogP contribution in [0, 0.1) is 5.82 Å². The van der Waals surface area contributed by atoms with Gasteiger partial charge in [0.1, 0.15) is 11.4 Å². The second kappa shape index (κ2) is 9.12. The molecule has 0 unspecified atom stereocenters. The molecular weight excluding hydrogens is 480 g/mol. The van der Waals surface area contributed by atoms with E-state index in [-0.39, 0.29) is 17.1 Å². The summed E-state index contributed by atoms with van der Waals surface area (Å²) in [5, 5.41) is 19.2. The molecule has 0 aliphatic heterocycles. The topological polar surface area (TPSA) is 84.6 Å². The molecule has 0 fully saturated rings. The van der Waals surface area contributed by atoms with E-state index in [0.717, 1.165) is 12.1 Å². The zero-order chi connectivity index (χ0) is 26.3. The Balaban J connectivity index is 1.86. The first-order chi connectivity index (χ1) is 16.8. The van der Waals surface area contributed by atoms with Crippen molar-refractivity contribution in [1.82, 2.24) is 9.55 Å². The molecule has 0 aliphatic rings. The van der Waals surface area contributed by atoms with E-state index < -0.39 is 35.1 Å². The number of aliphatic hydroxyl groups is 1. The molecule has 10 heteroatoms. The molecule has 1 heterocycles. The maximum Gasteiger partial charge on any atom is 0.511 e. The summed E-state index contributed by atoms with van der Waals surface area (Å²) in [5.74, 6) is -1.39. The van der Waals surface area contributed by atoms with Crippen molar-refractivity contribution < 1.29 is 37.3 Å². The monoisotopic (exact) mass is 500 g/mol. The van der Waals surface area contributed by atoms with Crippen LogP contribution in [0.5, 0.6) is 5.75 Å². The number of imidazole rings is 1. The van der Waals surface area contributed by atoms with Crippen LogP contribution in [0.15, 0.2) is 72.9 Å². The van der Waals surface area contributed by atoms with Gasteiger partial charge in [0.15, 0.2) is 11.6 Å². The molecule has 0 spiro atoms. The number of rotatable bonds is 5. The first kappa shape index (κ1) is 24.9. The summed E-state index contributed by atoms with van der Waals surface area (Å²) < 4.78 is 61.5. The molecule has 0 saturated carbocycles. The number of benzene rings is 3. The van der Waals surface area contributed by atoms with Crippen molar-refractivity contribution >= 4 is 6.16 Å². The van der Waals surface area contributed by atoms with Crippen LogP contribution in [-0.2, 0) is 11.8 Å². The molecule has 2 N–H and O–H groups in total. The van der Waals surface area contributed by atoms with Gasteiger partial charge in [0, 0.05) is 17.4 Å². The molecule has 0 amide bonds. The second-order valence-corrected chi connectivity index (χ2v) is 8.49. The van der Waals surface area contributed by atoms with Crippen molar-refractivity contribution in [2.45, 2.75) is 25.6 Å². The highest BCUT2D eigenvalue weighted by Crippen LogP contribution is 2.38. The molecular formula is C26H20F4N2O4. The summed E-state index contributed by atoms with van der Waals surface area (Å²) in [6.07, 6.45) is -4.84. The van der Waals surface area contributed by atoms with Crippen molar-refractivity contribution in [3.63, 3.8) is 0 Å². The largest absolute Gasteiger partial charge is 0.511 e. The number of halogens is 4. The normalized spacial score (nSPS) is 12.0. The Morgan fingerprint density at radius 3 is 2.31 bits per heavy atom. The highest BCUT2D eigenvalue weighted by molar-refractivity contribution is 5.70. The third-order valence-corrected chi connectivity index (χ3v) is 5.39. The predicted octanol–water partition coefficient (Wildman–Crippen LogP) is 6.65. The van der Waals surface area contributed by atoms with Gasteiger partial charge in [0.05, 0.1) is 11.3 Å². The molecule has 36 heavy (non-hydrogen) atoms. The van der Waals surface area contributed by atoms with Crippen molar-refractivity contribution in [2.75, 3.05) is 0 Å². The summed E-state index contributed by atoms with van der Waals surface area (Å²) in [6.45, 7) is 2.94. The Hall–Kier alpha value is -4.18. The fourth-order valence-corrected chi connectivity index (χ4v) is 3.68. The Morgan fingerprint density at radius 1 is 0.972 bits per heavy atom. The van der Waals surface area contributed by atoms with Gasteiger partial charge in [-0.1, -0.05) is 36.4 Å². The van der Waals surface area contributed by atoms with Crippen molar-refractivity contribution in [3.05, 3.63) is 90.0 Å². The van der Waals surface area contributed by atoms with Gasteiger partial charge in [-0.15, -0.1) is 0 Å². The van der Waals surface area contributed by atoms with E-state index in [9.17, 15) is 27.5 Å². The third-order valence-electron chi connectivity index (χ3n) is 5.39. The van der Waals surface area contributed by atoms with Crippen LogP contribution < -0.4 is 4.74 Å². The number of hydrogen-bond acceptors (Lipinski definition) is 4.